The monoisotopic (exact) mass is 1500 g/mol. The van der Waals surface area contributed by atoms with Crippen LogP contribution in [0.25, 0.3) is 0 Å². The molecular weight excluding hydrogens is 1380 g/mol. The van der Waals surface area contributed by atoms with Gasteiger partial charge >= 0.3 is 0 Å². The van der Waals surface area contributed by atoms with E-state index in [0.29, 0.717) is 44.4 Å². The maximum absolute atomic E-state index is 15.8. The van der Waals surface area contributed by atoms with E-state index in [1.54, 1.807) is 13.8 Å². The van der Waals surface area contributed by atoms with Crippen molar-refractivity contribution in [1.29, 1.82) is 0 Å². The molecule has 13 atom stereocenters. The zero-order chi connectivity index (χ0) is 77.6. The Morgan fingerprint density at radius 2 is 1.33 bits per heavy atom. The Kier molecular flexibility index (Phi) is 31.8. The average molecular weight is 1500 g/mol. The van der Waals surface area contributed by atoms with Crippen molar-refractivity contribution in [3.63, 3.8) is 0 Å². The minimum atomic E-state index is -1.61. The summed E-state index contributed by atoms with van der Waals surface area (Å²) < 4.78 is 12.1. The van der Waals surface area contributed by atoms with E-state index >= 15 is 28.8 Å². The molecule has 1 spiro atoms. The van der Waals surface area contributed by atoms with E-state index in [0.717, 1.165) is 41.9 Å². The summed E-state index contributed by atoms with van der Waals surface area (Å²) >= 11 is 13.3. The quantitative estimate of drug-likeness (QED) is 0.0990. The van der Waals surface area contributed by atoms with E-state index < -0.39 is 167 Å². The van der Waals surface area contributed by atoms with Gasteiger partial charge in [0.1, 0.15) is 53.9 Å². The smallest absolute Gasteiger partial charge is 0.248 e. The third-order valence-electron chi connectivity index (χ3n) is 22.6. The molecule has 3 aliphatic carbocycles. The Labute approximate surface area is 629 Å². The highest BCUT2D eigenvalue weighted by atomic mass is 35.5. The van der Waals surface area contributed by atoms with Gasteiger partial charge in [0, 0.05) is 94.5 Å². The Balaban J connectivity index is 1.49. The number of nitrogens with one attached hydrogen (secondary N) is 3. The Morgan fingerprint density at radius 3 is 1.92 bits per heavy atom. The molecule has 3 saturated carbocycles. The van der Waals surface area contributed by atoms with Gasteiger partial charge in [-0.1, -0.05) is 107 Å². The highest BCUT2D eigenvalue weighted by molar-refractivity contribution is 6.30. The van der Waals surface area contributed by atoms with E-state index in [-0.39, 0.29) is 100 Å². The fourth-order valence-electron chi connectivity index (χ4n) is 16.2. The SMILES string of the molecule is CCCOC[C@H]1C(=O)N[C@@H]([C@@H](C)CC)C(=O)N(C)CC(=O)N(C)[C@H]2C/C=C\CCN(C2=O)[C@@H](CC2CCC(C)CC2)C(=O)N(C)CC(=O)N[C@@H](CCC2CCC(Cl)C(Cl)C2)C(=O)N2C[C@H](OCC)C[C@H]2C(=O)NC2(CC(C)(C)C2)C(=O)N(C)[C@@H](CC(C)(C)C)C(=O)N(C)[C@H](C(=O)N(C)C)CC(=O)N1C. The van der Waals surface area contributed by atoms with Gasteiger partial charge in [-0.2, -0.15) is 0 Å². The number of likely N-dealkylation sites (N-methyl/N-ethyl adjacent to an activating group) is 7. The molecule has 2 bridgehead atoms. The third kappa shape index (κ3) is 22.5. The fraction of sp³-hybridized carbons (Fsp3) is 0.816. The number of ether oxygens (including phenoxy) is 2. The Morgan fingerprint density at radius 1 is 0.683 bits per heavy atom. The van der Waals surface area contributed by atoms with E-state index in [9.17, 15) is 28.8 Å². The van der Waals surface area contributed by atoms with Crippen LogP contribution in [0.15, 0.2) is 12.2 Å². The fourth-order valence-corrected chi connectivity index (χ4v) is 16.8. The van der Waals surface area contributed by atoms with E-state index in [4.69, 9.17) is 32.7 Å². The maximum Gasteiger partial charge on any atom is 0.248 e. The first kappa shape index (κ1) is 86.8. The first-order valence-electron chi connectivity index (χ1n) is 38.1. The van der Waals surface area contributed by atoms with Crippen LogP contribution in [0.4, 0.5) is 0 Å². The molecule has 0 aromatic carbocycles. The highest BCUT2D eigenvalue weighted by Crippen LogP contribution is 2.50. The number of hydrogen-bond donors (Lipinski definition) is 3. The van der Waals surface area contributed by atoms with Crippen molar-refractivity contribution in [3.8, 4) is 0 Å². The molecule has 26 nitrogen and oxygen atoms in total. The van der Waals surface area contributed by atoms with Crippen LogP contribution in [-0.4, -0.2) is 288 Å². The van der Waals surface area contributed by atoms with E-state index in [2.05, 4.69) is 22.9 Å². The molecule has 3 unspecified atom stereocenters. The van der Waals surface area contributed by atoms with Crippen molar-refractivity contribution < 1.29 is 67.0 Å². The molecule has 0 aromatic rings. The summed E-state index contributed by atoms with van der Waals surface area (Å²) in [4.78, 5) is 194. The second-order valence-corrected chi connectivity index (χ2v) is 34.3. The molecule has 0 radical (unpaired) electrons. The second kappa shape index (κ2) is 38.1. The average Bonchev–Trinajstić information content (AvgIpc) is 0.900. The number of carbonyl (C=O) groups excluding carboxylic acids is 12. The summed E-state index contributed by atoms with van der Waals surface area (Å²) in [6.07, 6.45) is 10.5. The molecule has 28 heteroatoms. The number of hydrogen-bond acceptors (Lipinski definition) is 14. The molecule has 12 amide bonds. The molecule has 3 heterocycles. The molecule has 0 aromatic heterocycles. The van der Waals surface area contributed by atoms with Crippen LogP contribution in [0.2, 0.25) is 0 Å². The van der Waals surface area contributed by atoms with Gasteiger partial charge in [0.15, 0.2) is 0 Å². The number of rotatable bonds is 15. The van der Waals surface area contributed by atoms with Gasteiger partial charge in [0.2, 0.25) is 70.9 Å². The zero-order valence-electron chi connectivity index (χ0n) is 65.7. The normalized spacial score (nSPS) is 31.4. The van der Waals surface area contributed by atoms with Crippen molar-refractivity contribution in [2.45, 2.75) is 262 Å². The lowest BCUT2D eigenvalue weighted by molar-refractivity contribution is -0.160. The molecule has 5 fully saturated rings. The summed E-state index contributed by atoms with van der Waals surface area (Å²) in [6, 6.07) is -10.0. The Hall–Kier alpha value is -6.12. The van der Waals surface area contributed by atoms with Gasteiger partial charge in [-0.3, -0.25) is 57.5 Å². The van der Waals surface area contributed by atoms with Crippen molar-refractivity contribution in [1.82, 2.24) is 60.0 Å². The number of nitrogens with zero attached hydrogens (tertiary/aromatic N) is 9. The summed E-state index contributed by atoms with van der Waals surface area (Å²) in [5.41, 5.74) is -2.74. The largest absolute Gasteiger partial charge is 0.379 e. The molecule has 6 aliphatic rings. The standard InChI is InChI=1S/C76H126Cl2N12O14/c1-19-35-103-44-60-65(94)80-64(48(5)20-2)72(101)84(14)43-63(93)85(15)55-25-23-22-24-34-89(71(55)100)58(37-50-28-26-47(4)27-29-50)69(98)83(13)42-61(91)79-54(33-31-49-30-32-52(77)53(78)36-49)67(96)90-41-51(104-21-3)38-56(90)66(95)81-76(45-75(9,10)46-76)73(102)88(18)59(40-74(6,7)8)70(99)87(17)57(68(97)82(11)12)39-62(92)86(60)16/h22-23,47-60,64H,19-21,24-46H2,1-18H3,(H,79,91)(H,80,94)(H,81,95)/b23-22-/t47?,48-,49?,50?,51+,52?,53?,54-,55-,56-,57-,58-,59-,60-,64-/m0/s1. The number of alkyl halides is 2. The van der Waals surface area contributed by atoms with Gasteiger partial charge in [0.05, 0.1) is 37.6 Å². The minimum absolute atomic E-state index is 0.0323. The van der Waals surface area contributed by atoms with Crippen molar-refractivity contribution in [2.24, 2.45) is 34.5 Å². The predicted molar refractivity (Wildman–Crippen MR) is 398 cm³/mol. The number of halogens is 2. The zero-order valence-corrected chi connectivity index (χ0v) is 67.2. The van der Waals surface area contributed by atoms with Gasteiger partial charge < -0.3 is 69.5 Å². The first-order chi connectivity index (χ1) is 48.7. The van der Waals surface area contributed by atoms with Crippen molar-refractivity contribution >= 4 is 94.1 Å². The lowest BCUT2D eigenvalue weighted by Crippen LogP contribution is -2.71. The van der Waals surface area contributed by atoms with Crippen LogP contribution in [0.5, 0.6) is 0 Å². The van der Waals surface area contributed by atoms with Crippen LogP contribution in [0.1, 0.15) is 191 Å². The van der Waals surface area contributed by atoms with Gasteiger partial charge in [0.25, 0.3) is 0 Å². The summed E-state index contributed by atoms with van der Waals surface area (Å²) in [5, 5.41) is 8.43. The van der Waals surface area contributed by atoms with E-state index in [1.165, 1.54) is 90.7 Å². The molecule has 3 aliphatic heterocycles. The maximum atomic E-state index is 15.8. The predicted octanol–water partition coefficient (Wildman–Crippen LogP) is 5.82. The van der Waals surface area contributed by atoms with Crippen LogP contribution in [0.3, 0.4) is 0 Å². The van der Waals surface area contributed by atoms with Crippen LogP contribution < -0.4 is 16.0 Å². The van der Waals surface area contributed by atoms with Gasteiger partial charge in [-0.25, -0.2) is 0 Å². The summed E-state index contributed by atoms with van der Waals surface area (Å²) in [5.74, 6) is -7.58. The molecule has 104 heavy (non-hydrogen) atoms. The van der Waals surface area contributed by atoms with E-state index in [1.807, 2.05) is 60.6 Å². The number of fused-ring (bicyclic) bond motifs is 3. The number of carbonyl (C=O) groups is 12. The van der Waals surface area contributed by atoms with Gasteiger partial charge in [-0.15, -0.1) is 23.2 Å². The van der Waals surface area contributed by atoms with Crippen LogP contribution in [0, 0.1) is 34.5 Å². The highest BCUT2D eigenvalue weighted by Gasteiger charge is 2.59. The third-order valence-corrected chi connectivity index (χ3v) is 23.7. The molecular formula is C76H126Cl2N12O14. The first-order valence-corrected chi connectivity index (χ1v) is 39.0. The summed E-state index contributed by atoms with van der Waals surface area (Å²) in [7, 11) is 11.6. The topological polar surface area (TPSA) is 289 Å². The molecule has 588 valence electrons. The summed E-state index contributed by atoms with van der Waals surface area (Å²) in [6.45, 7) is 18.2. The van der Waals surface area contributed by atoms with Crippen molar-refractivity contribution in [3.05, 3.63) is 12.2 Å². The van der Waals surface area contributed by atoms with Gasteiger partial charge in [-0.05, 0) is 118 Å². The van der Waals surface area contributed by atoms with Crippen LogP contribution >= 0.6 is 23.2 Å². The Bertz CT molecular complexity index is 3060. The second-order valence-electron chi connectivity index (χ2n) is 33.2. The van der Waals surface area contributed by atoms with Crippen LogP contribution in [-0.2, 0) is 67.0 Å². The lowest BCUT2D eigenvalue weighted by atomic mass is 9.58. The lowest BCUT2D eigenvalue weighted by Gasteiger charge is -2.54. The molecule has 3 N–H and O–H groups in total. The number of amides is 12. The van der Waals surface area contributed by atoms with Crippen molar-refractivity contribution in [2.75, 3.05) is 102 Å². The minimum Gasteiger partial charge on any atom is -0.379 e. The molecule has 6 rings (SSSR count). The molecule has 2 saturated heterocycles.